The minimum atomic E-state index is -0.156. The molecule has 23 heavy (non-hydrogen) atoms. The van der Waals surface area contributed by atoms with E-state index >= 15 is 0 Å². The molecule has 0 atom stereocenters. The van der Waals surface area contributed by atoms with E-state index < -0.39 is 0 Å². The summed E-state index contributed by atoms with van der Waals surface area (Å²) in [6.07, 6.45) is 6.74. The first kappa shape index (κ1) is 16.9. The van der Waals surface area contributed by atoms with Crippen molar-refractivity contribution in [3.8, 4) is 0 Å². The van der Waals surface area contributed by atoms with E-state index in [-0.39, 0.29) is 5.91 Å². The molecule has 0 aliphatic rings. The van der Waals surface area contributed by atoms with Crippen molar-refractivity contribution < 1.29 is 4.79 Å². The van der Waals surface area contributed by atoms with Gasteiger partial charge in [-0.05, 0) is 31.0 Å². The van der Waals surface area contributed by atoms with Crippen molar-refractivity contribution in [3.63, 3.8) is 0 Å². The van der Waals surface area contributed by atoms with E-state index in [2.05, 4.69) is 32.5 Å². The van der Waals surface area contributed by atoms with Crippen molar-refractivity contribution in [2.24, 2.45) is 0 Å². The Morgan fingerprint density at radius 2 is 2.13 bits per heavy atom. The van der Waals surface area contributed by atoms with Crippen molar-refractivity contribution in [1.29, 1.82) is 0 Å². The first-order chi connectivity index (χ1) is 11.2. The SMILES string of the molecule is CCCCCNC(=O)c1cc(C)nc(NCc2cccnc2)n1. The number of aromatic nitrogens is 3. The van der Waals surface area contributed by atoms with Gasteiger partial charge in [0.15, 0.2) is 0 Å². The zero-order valence-corrected chi connectivity index (χ0v) is 13.7. The molecule has 2 aromatic heterocycles. The lowest BCUT2D eigenvalue weighted by Crippen LogP contribution is -2.26. The molecular formula is C17H23N5O. The maximum Gasteiger partial charge on any atom is 0.270 e. The van der Waals surface area contributed by atoms with Crippen LogP contribution in [0.1, 0.15) is 47.9 Å². The number of pyridine rings is 1. The highest BCUT2D eigenvalue weighted by molar-refractivity contribution is 5.92. The van der Waals surface area contributed by atoms with Gasteiger partial charge in [0.1, 0.15) is 5.69 Å². The molecule has 0 aliphatic carbocycles. The molecule has 2 N–H and O–H groups in total. The highest BCUT2D eigenvalue weighted by Gasteiger charge is 2.10. The van der Waals surface area contributed by atoms with Crippen LogP contribution in [0.25, 0.3) is 0 Å². The fraction of sp³-hybridized carbons (Fsp3) is 0.412. The molecule has 0 bridgehead atoms. The summed E-state index contributed by atoms with van der Waals surface area (Å²) in [5.74, 6) is 0.295. The molecule has 0 saturated heterocycles. The van der Waals surface area contributed by atoms with E-state index in [0.717, 1.165) is 30.5 Å². The Morgan fingerprint density at radius 1 is 1.26 bits per heavy atom. The van der Waals surface area contributed by atoms with Gasteiger partial charge in [-0.3, -0.25) is 9.78 Å². The summed E-state index contributed by atoms with van der Waals surface area (Å²) in [6.45, 7) is 5.23. The zero-order valence-electron chi connectivity index (χ0n) is 13.7. The summed E-state index contributed by atoms with van der Waals surface area (Å²) < 4.78 is 0. The average Bonchev–Trinajstić information content (AvgIpc) is 2.57. The van der Waals surface area contributed by atoms with Crippen LogP contribution < -0.4 is 10.6 Å². The number of anilines is 1. The van der Waals surface area contributed by atoms with E-state index in [4.69, 9.17) is 0 Å². The second-order valence-corrected chi connectivity index (χ2v) is 5.40. The van der Waals surface area contributed by atoms with Crippen LogP contribution in [0.15, 0.2) is 30.6 Å². The number of hydrogen-bond acceptors (Lipinski definition) is 5. The third-order valence-electron chi connectivity index (χ3n) is 3.33. The fourth-order valence-electron chi connectivity index (χ4n) is 2.12. The molecule has 2 aromatic rings. The largest absolute Gasteiger partial charge is 0.351 e. The number of carbonyl (C=O) groups excluding carboxylic acids is 1. The lowest BCUT2D eigenvalue weighted by Gasteiger charge is -2.09. The first-order valence-corrected chi connectivity index (χ1v) is 7.95. The van der Waals surface area contributed by atoms with Gasteiger partial charge in [-0.15, -0.1) is 0 Å². The molecule has 1 amide bonds. The number of carbonyl (C=O) groups is 1. The molecule has 0 unspecified atom stereocenters. The van der Waals surface area contributed by atoms with Gasteiger partial charge in [-0.25, -0.2) is 9.97 Å². The average molecular weight is 313 g/mol. The van der Waals surface area contributed by atoms with Crippen LogP contribution in [0, 0.1) is 6.92 Å². The molecule has 122 valence electrons. The van der Waals surface area contributed by atoms with E-state index in [1.54, 1.807) is 18.5 Å². The molecule has 2 rings (SSSR count). The van der Waals surface area contributed by atoms with Gasteiger partial charge in [0, 0.05) is 31.2 Å². The predicted molar refractivity (Wildman–Crippen MR) is 90.2 cm³/mol. The third kappa shape index (κ3) is 5.65. The van der Waals surface area contributed by atoms with Crippen LogP contribution in [0.5, 0.6) is 0 Å². The van der Waals surface area contributed by atoms with Gasteiger partial charge in [0.25, 0.3) is 5.91 Å². The molecule has 6 heteroatoms. The smallest absolute Gasteiger partial charge is 0.270 e. The molecule has 0 aromatic carbocycles. The number of nitrogens with one attached hydrogen (secondary N) is 2. The van der Waals surface area contributed by atoms with Crippen LogP contribution >= 0.6 is 0 Å². The Bertz CT molecular complexity index is 630. The monoisotopic (exact) mass is 313 g/mol. The van der Waals surface area contributed by atoms with Crippen molar-refractivity contribution in [2.45, 2.75) is 39.7 Å². The van der Waals surface area contributed by atoms with Gasteiger partial charge in [0.2, 0.25) is 5.95 Å². The van der Waals surface area contributed by atoms with Crippen LogP contribution in [-0.4, -0.2) is 27.4 Å². The summed E-state index contributed by atoms with van der Waals surface area (Å²) in [4.78, 5) is 24.8. The summed E-state index contributed by atoms with van der Waals surface area (Å²) in [7, 11) is 0. The molecule has 0 fully saturated rings. The molecule has 6 nitrogen and oxygen atoms in total. The van der Waals surface area contributed by atoms with Crippen molar-refractivity contribution in [1.82, 2.24) is 20.3 Å². The van der Waals surface area contributed by atoms with Gasteiger partial charge >= 0.3 is 0 Å². The lowest BCUT2D eigenvalue weighted by molar-refractivity contribution is 0.0948. The number of aryl methyl sites for hydroxylation is 1. The Hall–Kier alpha value is -2.50. The second kappa shape index (κ2) is 8.82. The van der Waals surface area contributed by atoms with E-state index in [1.165, 1.54) is 0 Å². The van der Waals surface area contributed by atoms with Gasteiger partial charge in [-0.1, -0.05) is 25.8 Å². The van der Waals surface area contributed by atoms with Crippen LogP contribution in [0.2, 0.25) is 0 Å². The normalized spacial score (nSPS) is 10.3. The van der Waals surface area contributed by atoms with Gasteiger partial charge in [-0.2, -0.15) is 0 Å². The topological polar surface area (TPSA) is 79.8 Å². The van der Waals surface area contributed by atoms with Gasteiger partial charge in [0.05, 0.1) is 0 Å². The van der Waals surface area contributed by atoms with E-state index in [9.17, 15) is 4.79 Å². The van der Waals surface area contributed by atoms with Crippen molar-refractivity contribution in [3.05, 3.63) is 47.5 Å². The number of amides is 1. The molecular weight excluding hydrogens is 290 g/mol. The first-order valence-electron chi connectivity index (χ1n) is 7.95. The Kier molecular flexibility index (Phi) is 6.47. The summed E-state index contributed by atoms with van der Waals surface area (Å²) in [6, 6.07) is 5.55. The molecule has 0 radical (unpaired) electrons. The highest BCUT2D eigenvalue weighted by Crippen LogP contribution is 2.07. The van der Waals surface area contributed by atoms with E-state index in [0.29, 0.717) is 24.7 Å². The Labute approximate surface area is 136 Å². The zero-order chi connectivity index (χ0) is 16.5. The highest BCUT2D eigenvalue weighted by atomic mass is 16.1. The minimum absolute atomic E-state index is 0.156. The van der Waals surface area contributed by atoms with Crippen LogP contribution in [0.3, 0.4) is 0 Å². The Balaban J connectivity index is 1.96. The summed E-state index contributed by atoms with van der Waals surface area (Å²) >= 11 is 0. The number of unbranched alkanes of at least 4 members (excludes halogenated alkanes) is 2. The lowest BCUT2D eigenvalue weighted by atomic mass is 10.2. The summed E-state index contributed by atoms with van der Waals surface area (Å²) in [5.41, 5.74) is 2.18. The molecule has 0 saturated carbocycles. The maximum atomic E-state index is 12.1. The standard InChI is InChI=1S/C17H23N5O/c1-3-4-5-9-19-16(23)15-10-13(2)21-17(22-15)20-12-14-7-6-8-18-11-14/h6-8,10-11H,3-5,9,12H2,1-2H3,(H,19,23)(H,20,21,22). The molecule has 0 spiro atoms. The molecule has 2 heterocycles. The van der Waals surface area contributed by atoms with Crippen molar-refractivity contribution in [2.75, 3.05) is 11.9 Å². The maximum absolute atomic E-state index is 12.1. The quantitative estimate of drug-likeness (QED) is 0.733. The van der Waals surface area contributed by atoms with E-state index in [1.807, 2.05) is 19.1 Å². The van der Waals surface area contributed by atoms with Gasteiger partial charge < -0.3 is 10.6 Å². The third-order valence-corrected chi connectivity index (χ3v) is 3.33. The fourth-order valence-corrected chi connectivity index (χ4v) is 2.12. The van der Waals surface area contributed by atoms with Crippen molar-refractivity contribution >= 4 is 11.9 Å². The predicted octanol–water partition coefficient (Wildman–Crippen LogP) is 2.71. The minimum Gasteiger partial charge on any atom is -0.351 e. The molecule has 0 aliphatic heterocycles. The van der Waals surface area contributed by atoms with Crippen LogP contribution in [0.4, 0.5) is 5.95 Å². The number of rotatable bonds is 8. The summed E-state index contributed by atoms with van der Waals surface area (Å²) in [5, 5.41) is 6.03. The second-order valence-electron chi connectivity index (χ2n) is 5.40. The van der Waals surface area contributed by atoms with Crippen LogP contribution in [-0.2, 0) is 6.54 Å². The number of hydrogen-bond donors (Lipinski definition) is 2. The Morgan fingerprint density at radius 3 is 2.87 bits per heavy atom. The number of nitrogens with zero attached hydrogens (tertiary/aromatic N) is 3.